The predicted octanol–water partition coefficient (Wildman–Crippen LogP) is 2.29. The number of carbonyl (C=O) groups is 2. The van der Waals surface area contributed by atoms with Crippen LogP contribution in [0.4, 0.5) is 5.69 Å². The van der Waals surface area contributed by atoms with Crippen LogP contribution in [0.25, 0.3) is 11.3 Å². The summed E-state index contributed by atoms with van der Waals surface area (Å²) < 4.78 is 13.3. The van der Waals surface area contributed by atoms with Gasteiger partial charge in [0.25, 0.3) is 5.69 Å². The summed E-state index contributed by atoms with van der Waals surface area (Å²) in [5.74, 6) is -1.50. The summed E-state index contributed by atoms with van der Waals surface area (Å²) >= 11 is 0.766. The van der Waals surface area contributed by atoms with E-state index < -0.39 is 16.9 Å². The number of hydrogen-bond acceptors (Lipinski definition) is 8. The molecule has 9 heteroatoms. The molecule has 1 aromatic carbocycles. The van der Waals surface area contributed by atoms with Gasteiger partial charge in [0.1, 0.15) is 10.4 Å². The van der Waals surface area contributed by atoms with Crippen LogP contribution < -0.4 is 0 Å². The van der Waals surface area contributed by atoms with Crippen molar-refractivity contribution in [3.8, 4) is 11.3 Å². The second-order valence-electron chi connectivity index (χ2n) is 4.03. The molecule has 2 aromatic rings. The van der Waals surface area contributed by atoms with E-state index in [1.165, 1.54) is 25.3 Å². The van der Waals surface area contributed by atoms with Gasteiger partial charge >= 0.3 is 11.9 Å². The Hall–Kier alpha value is -2.81. The van der Waals surface area contributed by atoms with E-state index in [0.29, 0.717) is 5.56 Å². The number of nitro groups is 1. The van der Waals surface area contributed by atoms with Crippen molar-refractivity contribution in [2.75, 3.05) is 14.2 Å². The van der Waals surface area contributed by atoms with Crippen LogP contribution in [0.5, 0.6) is 0 Å². The first-order valence-corrected chi connectivity index (χ1v) is 6.68. The number of esters is 2. The quantitative estimate of drug-likeness (QED) is 0.482. The molecule has 0 aliphatic heterocycles. The Morgan fingerprint density at radius 2 is 1.91 bits per heavy atom. The standard InChI is InChI=1S/C13H10N2O6S/c1-20-12(16)9-10(14-22-11(9)13(17)21-2)7-4-3-5-8(6-7)15(18)19/h3-6H,1-2H3. The average Bonchev–Trinajstić information content (AvgIpc) is 2.98. The van der Waals surface area contributed by atoms with Gasteiger partial charge in [-0.2, -0.15) is 4.37 Å². The van der Waals surface area contributed by atoms with Gasteiger partial charge in [-0.1, -0.05) is 12.1 Å². The molecule has 0 bridgehead atoms. The van der Waals surface area contributed by atoms with Crippen molar-refractivity contribution in [3.05, 3.63) is 44.8 Å². The fraction of sp³-hybridized carbons (Fsp3) is 0.154. The molecular formula is C13H10N2O6S. The molecule has 0 saturated carbocycles. The maximum atomic E-state index is 11.9. The van der Waals surface area contributed by atoms with Gasteiger partial charge in [0.15, 0.2) is 0 Å². The summed E-state index contributed by atoms with van der Waals surface area (Å²) in [5, 5.41) is 10.8. The molecule has 2 rings (SSSR count). The van der Waals surface area contributed by atoms with Crippen LogP contribution in [0.3, 0.4) is 0 Å². The summed E-state index contributed by atoms with van der Waals surface area (Å²) in [4.78, 5) is 33.9. The average molecular weight is 322 g/mol. The van der Waals surface area contributed by atoms with Crippen molar-refractivity contribution in [1.29, 1.82) is 0 Å². The lowest BCUT2D eigenvalue weighted by atomic mass is 10.1. The summed E-state index contributed by atoms with van der Waals surface area (Å²) in [5.41, 5.74) is 0.253. The van der Waals surface area contributed by atoms with Gasteiger partial charge in [-0.05, 0) is 11.5 Å². The predicted molar refractivity (Wildman–Crippen MR) is 76.9 cm³/mol. The third-order valence-corrected chi connectivity index (χ3v) is 3.61. The number of methoxy groups -OCH3 is 2. The number of hydrogen-bond donors (Lipinski definition) is 0. The zero-order chi connectivity index (χ0) is 16.3. The molecule has 0 fully saturated rings. The molecule has 0 N–H and O–H groups in total. The summed E-state index contributed by atoms with van der Waals surface area (Å²) in [6.45, 7) is 0. The number of carbonyl (C=O) groups excluding carboxylic acids is 2. The smallest absolute Gasteiger partial charge is 0.350 e. The van der Waals surface area contributed by atoms with Crippen molar-refractivity contribution < 1.29 is 24.0 Å². The number of benzene rings is 1. The van der Waals surface area contributed by atoms with Gasteiger partial charge in [-0.25, -0.2) is 9.59 Å². The Kier molecular flexibility index (Phi) is 4.47. The van der Waals surface area contributed by atoms with Crippen molar-refractivity contribution in [2.24, 2.45) is 0 Å². The minimum absolute atomic E-state index is 0.0177. The number of rotatable bonds is 4. The van der Waals surface area contributed by atoms with Crippen LogP contribution >= 0.6 is 11.5 Å². The van der Waals surface area contributed by atoms with Gasteiger partial charge in [0.05, 0.1) is 24.8 Å². The summed E-state index contributed by atoms with van der Waals surface area (Å²) in [6.07, 6.45) is 0. The molecule has 0 atom stereocenters. The molecule has 0 spiro atoms. The highest BCUT2D eigenvalue weighted by molar-refractivity contribution is 7.08. The first kappa shape index (κ1) is 15.6. The van der Waals surface area contributed by atoms with Crippen LogP contribution in [-0.2, 0) is 9.47 Å². The Balaban J connectivity index is 2.63. The first-order chi connectivity index (χ1) is 10.5. The highest BCUT2D eigenvalue weighted by Crippen LogP contribution is 2.31. The van der Waals surface area contributed by atoms with E-state index in [1.807, 2.05) is 0 Å². The monoisotopic (exact) mass is 322 g/mol. The molecule has 0 unspecified atom stereocenters. The van der Waals surface area contributed by atoms with Crippen molar-refractivity contribution in [1.82, 2.24) is 4.37 Å². The lowest BCUT2D eigenvalue weighted by molar-refractivity contribution is -0.384. The van der Waals surface area contributed by atoms with E-state index in [2.05, 4.69) is 13.8 Å². The molecule has 8 nitrogen and oxygen atoms in total. The van der Waals surface area contributed by atoms with E-state index in [1.54, 1.807) is 6.07 Å². The molecule has 0 amide bonds. The molecule has 0 radical (unpaired) electrons. The van der Waals surface area contributed by atoms with E-state index in [4.69, 9.17) is 0 Å². The molecule has 0 saturated heterocycles. The van der Waals surface area contributed by atoms with Crippen LogP contribution in [-0.4, -0.2) is 35.5 Å². The van der Waals surface area contributed by atoms with E-state index in [0.717, 1.165) is 18.6 Å². The molecule has 0 aliphatic rings. The zero-order valence-electron chi connectivity index (χ0n) is 11.6. The minimum atomic E-state index is -0.768. The largest absolute Gasteiger partial charge is 0.465 e. The van der Waals surface area contributed by atoms with Gasteiger partial charge in [0.2, 0.25) is 0 Å². The fourth-order valence-electron chi connectivity index (χ4n) is 1.78. The molecule has 114 valence electrons. The van der Waals surface area contributed by atoms with Crippen molar-refractivity contribution in [2.45, 2.75) is 0 Å². The summed E-state index contributed by atoms with van der Waals surface area (Å²) in [7, 11) is 2.34. The van der Waals surface area contributed by atoms with Crippen LogP contribution in [0.1, 0.15) is 20.0 Å². The van der Waals surface area contributed by atoms with E-state index in [-0.39, 0.29) is 21.8 Å². The Bertz CT molecular complexity index is 755. The molecule has 22 heavy (non-hydrogen) atoms. The zero-order valence-corrected chi connectivity index (χ0v) is 12.4. The van der Waals surface area contributed by atoms with Gasteiger partial charge in [0, 0.05) is 17.7 Å². The van der Waals surface area contributed by atoms with Gasteiger partial charge in [-0.15, -0.1) is 0 Å². The number of aromatic nitrogens is 1. The molecule has 1 heterocycles. The minimum Gasteiger partial charge on any atom is -0.465 e. The summed E-state index contributed by atoms with van der Waals surface area (Å²) in [6, 6.07) is 5.60. The first-order valence-electron chi connectivity index (χ1n) is 5.90. The lowest BCUT2D eigenvalue weighted by Crippen LogP contribution is -2.09. The number of nitrogens with zero attached hydrogens (tertiary/aromatic N) is 2. The van der Waals surface area contributed by atoms with Crippen LogP contribution in [0, 0.1) is 10.1 Å². The Labute approximate surface area is 128 Å². The normalized spacial score (nSPS) is 10.1. The SMILES string of the molecule is COC(=O)c1snc(-c2cccc([N+](=O)[O-])c2)c1C(=O)OC. The lowest BCUT2D eigenvalue weighted by Gasteiger charge is -2.03. The second-order valence-corrected chi connectivity index (χ2v) is 4.80. The molecular weight excluding hydrogens is 312 g/mol. The highest BCUT2D eigenvalue weighted by atomic mass is 32.1. The number of ether oxygens (including phenoxy) is 2. The third kappa shape index (κ3) is 2.79. The van der Waals surface area contributed by atoms with Crippen LogP contribution in [0.2, 0.25) is 0 Å². The van der Waals surface area contributed by atoms with Crippen molar-refractivity contribution >= 4 is 29.2 Å². The highest BCUT2D eigenvalue weighted by Gasteiger charge is 2.28. The Morgan fingerprint density at radius 3 is 2.50 bits per heavy atom. The van der Waals surface area contributed by atoms with Gasteiger partial charge < -0.3 is 9.47 Å². The van der Waals surface area contributed by atoms with Crippen molar-refractivity contribution in [3.63, 3.8) is 0 Å². The van der Waals surface area contributed by atoms with Gasteiger partial charge in [-0.3, -0.25) is 10.1 Å². The van der Waals surface area contributed by atoms with Crippen LogP contribution in [0.15, 0.2) is 24.3 Å². The molecule has 0 aliphatic carbocycles. The maximum absolute atomic E-state index is 11.9. The Morgan fingerprint density at radius 1 is 1.23 bits per heavy atom. The number of nitro benzene ring substituents is 1. The second kappa shape index (κ2) is 6.31. The third-order valence-electron chi connectivity index (χ3n) is 2.78. The van der Waals surface area contributed by atoms with E-state index >= 15 is 0 Å². The topological polar surface area (TPSA) is 109 Å². The van der Waals surface area contributed by atoms with E-state index in [9.17, 15) is 19.7 Å². The molecule has 1 aromatic heterocycles. The number of non-ortho nitro benzene ring substituents is 1. The maximum Gasteiger partial charge on any atom is 0.350 e. The fourth-order valence-corrected chi connectivity index (χ4v) is 2.59.